The van der Waals surface area contributed by atoms with Gasteiger partial charge in [-0.15, -0.1) is 0 Å². The van der Waals surface area contributed by atoms with E-state index in [4.69, 9.17) is 5.21 Å². The van der Waals surface area contributed by atoms with Gasteiger partial charge in [0.05, 0.1) is 16.8 Å². The van der Waals surface area contributed by atoms with E-state index in [9.17, 15) is 35.1 Å². The van der Waals surface area contributed by atoms with Crippen LogP contribution in [0.3, 0.4) is 0 Å². The van der Waals surface area contributed by atoms with Crippen molar-refractivity contribution >= 4 is 20.6 Å². The van der Waals surface area contributed by atoms with E-state index < -0.39 is 39.7 Å². The zero-order chi connectivity index (χ0) is 16.8. The van der Waals surface area contributed by atoms with Crippen LogP contribution in [0.5, 0.6) is 0 Å². The first-order chi connectivity index (χ1) is 9.25. The molecule has 12 heteroatoms. The Bertz CT molecular complexity index is 572. The van der Waals surface area contributed by atoms with E-state index in [-0.39, 0.29) is 6.20 Å². The smallest absolute Gasteiger partial charge is 0.410 e. The van der Waals surface area contributed by atoms with Gasteiger partial charge in [0.15, 0.2) is 4.62 Å². The van der Waals surface area contributed by atoms with Crippen LogP contribution in [0.25, 0.3) is 0 Å². The summed E-state index contributed by atoms with van der Waals surface area (Å²) in [5.74, 6) is -5.79. The topological polar surface area (TPSA) is 37.5 Å². The van der Waals surface area contributed by atoms with Gasteiger partial charge in [-0.2, -0.15) is 35.1 Å². The highest BCUT2D eigenvalue weighted by Gasteiger charge is 2.63. The molecule has 0 spiro atoms. The Morgan fingerprint density at radius 3 is 1.95 bits per heavy atom. The molecule has 120 valence electrons. The molecule has 0 radical (unpaired) electrons. The number of aromatic nitrogens is 1. The maximum atomic E-state index is 13.4. The molecule has 0 amide bonds. The van der Waals surface area contributed by atoms with Crippen LogP contribution in [0.15, 0.2) is 11.4 Å². The normalized spacial score (nSPS) is 14.7. The number of nitrogens with zero attached hydrogens (tertiary/aromatic N) is 2. The first kappa shape index (κ1) is 17.7. The van der Waals surface area contributed by atoms with Crippen LogP contribution in [0.1, 0.15) is 16.8 Å². The summed E-state index contributed by atoms with van der Waals surface area (Å²) in [5.41, 5.74) is -5.76. The van der Waals surface area contributed by atoms with Gasteiger partial charge in [0.1, 0.15) is 0 Å². The lowest BCUT2D eigenvalue weighted by molar-refractivity contribution is -0.291. The summed E-state index contributed by atoms with van der Waals surface area (Å²) in [6.07, 6.45) is -11.7. The van der Waals surface area contributed by atoms with Crippen molar-refractivity contribution in [2.75, 3.05) is 0 Å². The van der Waals surface area contributed by atoms with Crippen molar-refractivity contribution in [2.45, 2.75) is 18.3 Å². The summed E-state index contributed by atoms with van der Waals surface area (Å²) in [7, 11) is 0.799. The van der Waals surface area contributed by atoms with Gasteiger partial charge in [-0.05, 0) is 15.9 Å². The average Bonchev–Trinajstić information content (AvgIpc) is 2.64. The minimum absolute atomic E-state index is 0.0523. The summed E-state index contributed by atoms with van der Waals surface area (Å²) >= 11 is 2.34. The van der Waals surface area contributed by atoms with Crippen LogP contribution >= 0.6 is 15.9 Å². The maximum absolute atomic E-state index is 13.4. The van der Waals surface area contributed by atoms with Crippen molar-refractivity contribution in [1.82, 2.24) is 4.57 Å². The van der Waals surface area contributed by atoms with Gasteiger partial charge in [-0.1, -0.05) is 5.16 Å². The van der Waals surface area contributed by atoms with Crippen molar-refractivity contribution < 1.29 is 40.3 Å². The second kappa shape index (κ2) is 5.14. The van der Waals surface area contributed by atoms with Crippen LogP contribution in [-0.2, 0) is 19.1 Å². The molecule has 0 aliphatic rings. The quantitative estimate of drug-likeness (QED) is 0.350. The lowest BCUT2D eigenvalue weighted by Gasteiger charge is -2.22. The van der Waals surface area contributed by atoms with Gasteiger partial charge in [0, 0.05) is 13.2 Å². The third kappa shape index (κ3) is 2.99. The summed E-state index contributed by atoms with van der Waals surface area (Å²) in [5, 5.41) is 10.8. The Morgan fingerprint density at radius 2 is 1.62 bits per heavy atom. The molecule has 1 N–H and O–H groups in total. The fourth-order valence-electron chi connectivity index (χ4n) is 1.60. The minimum atomic E-state index is -6.26. The molecule has 3 nitrogen and oxygen atoms in total. The van der Waals surface area contributed by atoms with E-state index in [0.29, 0.717) is 4.57 Å². The third-order valence-corrected chi connectivity index (χ3v) is 2.97. The molecule has 21 heavy (non-hydrogen) atoms. The highest BCUT2D eigenvalue weighted by Crippen LogP contribution is 2.50. The van der Waals surface area contributed by atoms with E-state index in [0.717, 1.165) is 7.05 Å². The van der Waals surface area contributed by atoms with E-state index in [1.165, 1.54) is 0 Å². The molecular weight excluding hydrogens is 384 g/mol. The lowest BCUT2D eigenvalue weighted by Crippen LogP contribution is -2.36. The number of alkyl halides is 8. The number of aryl methyl sites for hydroxylation is 1. The van der Waals surface area contributed by atoms with Crippen LogP contribution in [-0.4, -0.2) is 20.6 Å². The molecule has 1 heterocycles. The molecule has 1 rings (SSSR count). The second-order valence-corrected chi connectivity index (χ2v) is 4.59. The summed E-state index contributed by atoms with van der Waals surface area (Å²) in [6.45, 7) is 0. The van der Waals surface area contributed by atoms with Crippen molar-refractivity contribution in [2.24, 2.45) is 12.2 Å². The summed E-state index contributed by atoms with van der Waals surface area (Å²) in [6, 6.07) is 0. The maximum Gasteiger partial charge on any atom is 0.458 e. The van der Waals surface area contributed by atoms with Gasteiger partial charge in [-0.3, -0.25) is 0 Å². The van der Waals surface area contributed by atoms with Crippen LogP contribution < -0.4 is 0 Å². The lowest BCUT2D eigenvalue weighted by atomic mass is 10.0. The van der Waals surface area contributed by atoms with Crippen LogP contribution in [0, 0.1) is 0 Å². The fraction of sp³-hybridized carbons (Fsp3) is 0.444. The van der Waals surface area contributed by atoms with Crippen molar-refractivity contribution in [3.63, 3.8) is 0 Å². The molecule has 0 aliphatic heterocycles. The molecule has 0 unspecified atom stereocenters. The number of hydrogen-bond donors (Lipinski definition) is 1. The predicted molar refractivity (Wildman–Crippen MR) is 57.6 cm³/mol. The van der Waals surface area contributed by atoms with Gasteiger partial charge < -0.3 is 9.77 Å². The first-order valence-electron chi connectivity index (χ1n) is 4.84. The second-order valence-electron chi connectivity index (χ2n) is 3.84. The molecule has 0 bridgehead atoms. The molecular formula is C9H5BrF8N2O. The standard InChI is InChI=1S/C9H5BrF8N2O/c1-20-2-3(8(13,14)15)4(5(20)6(10)19-21)7(11,12)9(16,17)18/h2,21H,1H3/b19-6-. The minimum Gasteiger partial charge on any atom is -0.410 e. The van der Waals surface area contributed by atoms with Crippen molar-refractivity contribution in [3.05, 3.63) is 23.0 Å². The molecule has 1 aromatic heterocycles. The SMILES string of the molecule is Cn1cc(C(F)(F)F)c(C(F)(F)C(F)(F)F)c1/C(Br)=N/O. The Balaban J connectivity index is 3.84. The average molecular weight is 389 g/mol. The van der Waals surface area contributed by atoms with E-state index in [2.05, 4.69) is 21.1 Å². The Morgan fingerprint density at radius 1 is 1.14 bits per heavy atom. The van der Waals surface area contributed by atoms with Gasteiger partial charge >= 0.3 is 18.3 Å². The first-order valence-corrected chi connectivity index (χ1v) is 5.64. The van der Waals surface area contributed by atoms with Gasteiger partial charge in [0.2, 0.25) is 0 Å². The summed E-state index contributed by atoms with van der Waals surface area (Å²) < 4.78 is 101. The monoisotopic (exact) mass is 388 g/mol. The molecule has 0 fully saturated rings. The molecule has 1 aromatic rings. The highest BCUT2D eigenvalue weighted by molar-refractivity contribution is 9.18. The highest BCUT2D eigenvalue weighted by atomic mass is 79.9. The van der Waals surface area contributed by atoms with Crippen LogP contribution in [0.2, 0.25) is 0 Å². The molecule has 0 saturated carbocycles. The third-order valence-electron chi connectivity index (χ3n) is 2.44. The summed E-state index contributed by atoms with van der Waals surface area (Å²) in [4.78, 5) is 0. The molecule has 0 aromatic carbocycles. The van der Waals surface area contributed by atoms with Crippen molar-refractivity contribution in [3.8, 4) is 0 Å². The fourth-order valence-corrected chi connectivity index (χ4v) is 2.08. The zero-order valence-electron chi connectivity index (χ0n) is 9.82. The Labute approximate surface area is 120 Å². The van der Waals surface area contributed by atoms with Gasteiger partial charge in [0.25, 0.3) is 0 Å². The molecule has 0 atom stereocenters. The predicted octanol–water partition coefficient (Wildman–Crippen LogP) is 4.23. The van der Waals surface area contributed by atoms with E-state index in [1.54, 1.807) is 0 Å². The number of halogens is 9. The number of rotatable bonds is 2. The molecule has 0 aliphatic carbocycles. The van der Waals surface area contributed by atoms with Crippen molar-refractivity contribution in [1.29, 1.82) is 0 Å². The largest absolute Gasteiger partial charge is 0.458 e. The van der Waals surface area contributed by atoms with E-state index in [1.807, 2.05) is 0 Å². The van der Waals surface area contributed by atoms with E-state index >= 15 is 0 Å². The van der Waals surface area contributed by atoms with Crippen LogP contribution in [0.4, 0.5) is 35.1 Å². The number of oxime groups is 1. The van der Waals surface area contributed by atoms with Gasteiger partial charge in [-0.25, -0.2) is 0 Å². The zero-order valence-corrected chi connectivity index (χ0v) is 11.4. The molecule has 0 saturated heterocycles. The number of hydrogen-bond acceptors (Lipinski definition) is 2. The Hall–Kier alpha value is -1.33. The Kier molecular flexibility index (Phi) is 4.34.